The van der Waals surface area contributed by atoms with Crippen molar-refractivity contribution in [3.63, 3.8) is 0 Å². The maximum atomic E-state index is 12.9. The van der Waals surface area contributed by atoms with Gasteiger partial charge >= 0.3 is 6.03 Å². The van der Waals surface area contributed by atoms with E-state index in [1.54, 1.807) is 0 Å². The summed E-state index contributed by atoms with van der Waals surface area (Å²) in [4.78, 5) is 99.6. The molecule has 7 heterocycles. The fourth-order valence-electron chi connectivity index (χ4n) is 13.8. The van der Waals surface area contributed by atoms with E-state index in [1.165, 1.54) is 0 Å². The number of ether oxygens (including phenoxy) is 16. The minimum Gasteiger partial charge on any atom is -0.394 e. The molecule has 113 heavy (non-hydrogen) atoms. The zero-order valence-electron chi connectivity index (χ0n) is 63.9. The maximum absolute atomic E-state index is 12.9. The molecule has 0 radical (unpaired) electrons. The van der Waals surface area contributed by atoms with E-state index in [0.717, 1.165) is 59.6 Å². The van der Waals surface area contributed by atoms with Crippen LogP contribution in [0, 0.1) is 0 Å². The third kappa shape index (κ3) is 29.1. The van der Waals surface area contributed by atoms with E-state index in [9.17, 15) is 94.5 Å². The van der Waals surface area contributed by atoms with Gasteiger partial charge in [-0.2, -0.15) is 11.8 Å². The summed E-state index contributed by atoms with van der Waals surface area (Å²) in [6.45, 7) is 4.90. The van der Waals surface area contributed by atoms with Crippen LogP contribution in [0.25, 0.3) is 0 Å². The van der Waals surface area contributed by atoms with Gasteiger partial charge in [0.25, 0.3) is 0 Å². The molecular weight excluding hydrogens is 1530 g/mol. The zero-order chi connectivity index (χ0) is 82.3. The van der Waals surface area contributed by atoms with Crippen molar-refractivity contribution in [3.05, 3.63) is 0 Å². The predicted molar refractivity (Wildman–Crippen MR) is 382 cm³/mol. The molecular formula is C68H117N9O35S. The van der Waals surface area contributed by atoms with Gasteiger partial charge in [0.1, 0.15) is 122 Å². The number of hydrogen-bond acceptors (Lipinski definition) is 36. The van der Waals surface area contributed by atoms with Crippen LogP contribution in [0.5, 0.6) is 0 Å². The number of thioether (sulfide) groups is 1. The summed E-state index contributed by atoms with van der Waals surface area (Å²) in [5.74, 6) is -3.24. The smallest absolute Gasteiger partial charge is 0.315 e. The van der Waals surface area contributed by atoms with E-state index in [-0.39, 0.29) is 75.7 Å². The standard InChI is InChI=1S/C68H117N9O35S/c1-33(83)71-48-54(91)53(90)39(27-78)104-64(48)109-60-41(29-80)106-66(50(56(60)93)73-35(3)85)111-62-43(31-82)108-67(52(58(62)95)75-37(5)87)112-61-42(30-81)107-65(51(57(61)94)74-36(4)86)110-59-40(28-79)105-63(49(55(59)92)72-34(2)84)103-14-8-12-69-46(89)11-15-97-17-19-99-21-23-101-25-26-102-24-22-100-20-18-98-16-13-70-45(88)10-7-6-9-44-47-38(32-113-44)76-68(96)77-47/h38-44,47-67,78-82,90-95H,6-32H2,1-5H3,(H,69,89)(H,70,88)(H,71,83)(H,72,84)(H,73,85)(H,74,86)(H,75,87)(H2,76,77,96)/t38-,39+,40+,41+,42+,43+,44-,47-,48+,49+,50+,51+,52+,53-,54+,55+,56+,57+,58+,59-,60-,61-,62-,63-,64+,65+,66+,67+/m0/s1. The van der Waals surface area contributed by atoms with Gasteiger partial charge in [-0.1, -0.05) is 6.42 Å². The Morgan fingerprint density at radius 3 is 1.12 bits per heavy atom. The highest BCUT2D eigenvalue weighted by Crippen LogP contribution is 2.38. The Labute approximate surface area is 656 Å². The molecule has 44 nitrogen and oxygen atoms in total. The van der Waals surface area contributed by atoms with Crippen LogP contribution in [0.3, 0.4) is 0 Å². The van der Waals surface area contributed by atoms with Gasteiger partial charge in [-0.3, -0.25) is 33.6 Å². The molecule has 9 amide bonds. The number of urea groups is 1. The SMILES string of the molecule is CC(=O)N[C@H]1[C@@H](OCCCNC(=O)CCOCCOCCOCCOCCOCCOCCNC(=O)CCCC[C@@H]2SC[C@@H]3NC(=O)N[C@@H]32)O[C@H](CO)[C@H](O[C@H]2O[C@H](CO)[C@H](O[C@H]3O[C@H](CO)[C@H](O[C@H]4O[C@H](CO)[C@H](O[C@H]5O[C@H](CO)[C@H](O)[C@H](O)[C@H]5NC(C)=O)[C@H](O)[C@H]4NC(C)=O)[C@H](O)[C@H]3NC(C)=O)[C@H](O)[C@H]2NC(C)=O)[C@@H]1O. The highest BCUT2D eigenvalue weighted by atomic mass is 32.2. The molecule has 7 saturated heterocycles. The highest BCUT2D eigenvalue weighted by molar-refractivity contribution is 8.00. The fraction of sp³-hybridized carbons (Fsp3) is 0.882. The second-order valence-corrected chi connectivity index (χ2v) is 29.1. The Kier molecular flexibility index (Phi) is 41.4. The molecule has 7 aliphatic rings. The molecule has 0 saturated carbocycles. The number of unbranched alkanes of at least 4 members (excludes halogenated alkanes) is 1. The summed E-state index contributed by atoms with van der Waals surface area (Å²) < 4.78 is 93.5. The monoisotopic (exact) mass is 1650 g/mol. The van der Waals surface area contributed by atoms with E-state index in [2.05, 4.69) is 47.9 Å². The van der Waals surface area contributed by atoms with Crippen molar-refractivity contribution >= 4 is 59.1 Å². The second-order valence-electron chi connectivity index (χ2n) is 27.8. The summed E-state index contributed by atoms with van der Waals surface area (Å²) in [5.41, 5.74) is 0. The van der Waals surface area contributed by atoms with Crippen LogP contribution in [0.2, 0.25) is 0 Å². The van der Waals surface area contributed by atoms with Crippen molar-refractivity contribution in [2.24, 2.45) is 0 Å². The lowest BCUT2D eigenvalue weighted by atomic mass is 9.93. The van der Waals surface area contributed by atoms with Gasteiger partial charge < -0.3 is 180 Å². The third-order valence-electron chi connectivity index (χ3n) is 19.2. The third-order valence-corrected chi connectivity index (χ3v) is 20.7. The van der Waals surface area contributed by atoms with Crippen molar-refractivity contribution in [2.45, 2.75) is 244 Å². The Morgan fingerprint density at radius 1 is 0.389 bits per heavy atom. The van der Waals surface area contributed by atoms with Gasteiger partial charge in [-0.05, 0) is 19.3 Å². The number of fused-ring (bicyclic) bond motifs is 1. The predicted octanol–water partition coefficient (Wildman–Crippen LogP) is -10.3. The molecule has 20 N–H and O–H groups in total. The Hall–Kier alpha value is -5.17. The minimum atomic E-state index is -2.04. The Bertz CT molecular complexity index is 2900. The molecule has 7 fully saturated rings. The first-order valence-electron chi connectivity index (χ1n) is 37.9. The lowest BCUT2D eigenvalue weighted by Crippen LogP contribution is -2.72. The molecule has 0 aromatic heterocycles. The number of amides is 9. The van der Waals surface area contributed by atoms with Crippen LogP contribution >= 0.6 is 11.8 Å². The molecule has 0 unspecified atom stereocenters. The van der Waals surface area contributed by atoms with Gasteiger partial charge in [-0.15, -0.1) is 0 Å². The van der Waals surface area contributed by atoms with E-state index in [0.29, 0.717) is 77.7 Å². The van der Waals surface area contributed by atoms with Gasteiger partial charge in [0.05, 0.1) is 131 Å². The van der Waals surface area contributed by atoms with Gasteiger partial charge in [0.2, 0.25) is 41.4 Å². The van der Waals surface area contributed by atoms with Crippen LogP contribution in [-0.2, 0) is 109 Å². The number of nitrogens with one attached hydrogen (secondary N) is 9. The molecule has 0 aromatic rings. The van der Waals surface area contributed by atoms with E-state index in [4.69, 9.17) is 75.8 Å². The topological polar surface area (TPSA) is 615 Å². The molecule has 650 valence electrons. The maximum Gasteiger partial charge on any atom is 0.315 e. The van der Waals surface area contributed by atoms with Crippen molar-refractivity contribution in [1.82, 2.24) is 47.9 Å². The van der Waals surface area contributed by atoms with Crippen molar-refractivity contribution in [2.75, 3.05) is 138 Å². The van der Waals surface area contributed by atoms with Crippen LogP contribution in [-0.4, -0.2) is 412 Å². The molecule has 7 rings (SSSR count). The molecule has 0 spiro atoms. The first-order valence-corrected chi connectivity index (χ1v) is 38.9. The molecule has 0 bridgehead atoms. The number of rotatable bonds is 49. The average molecular weight is 1650 g/mol. The van der Waals surface area contributed by atoms with E-state index in [1.807, 2.05) is 11.8 Å². The van der Waals surface area contributed by atoms with Crippen LogP contribution in [0.1, 0.15) is 73.1 Å². The van der Waals surface area contributed by atoms with Crippen molar-refractivity contribution in [3.8, 4) is 0 Å². The molecule has 0 aromatic carbocycles. The first kappa shape index (κ1) is 95.0. The van der Waals surface area contributed by atoms with E-state index < -0.39 is 216 Å². The molecule has 28 atom stereocenters. The summed E-state index contributed by atoms with van der Waals surface area (Å²) in [6, 6.07) is -7.85. The largest absolute Gasteiger partial charge is 0.394 e. The number of carbonyl (C=O) groups is 8. The van der Waals surface area contributed by atoms with Crippen LogP contribution in [0.4, 0.5) is 4.79 Å². The van der Waals surface area contributed by atoms with Gasteiger partial charge in [0, 0.05) is 71.6 Å². The fourth-order valence-corrected chi connectivity index (χ4v) is 15.3. The summed E-state index contributed by atoms with van der Waals surface area (Å²) in [5, 5.41) is 147. The Morgan fingerprint density at radius 2 is 0.726 bits per heavy atom. The highest BCUT2D eigenvalue weighted by Gasteiger charge is 2.58. The van der Waals surface area contributed by atoms with Gasteiger partial charge in [0.15, 0.2) is 31.5 Å². The van der Waals surface area contributed by atoms with E-state index >= 15 is 0 Å². The molecule has 45 heteroatoms. The number of aliphatic hydroxyl groups excluding tert-OH is 11. The first-order chi connectivity index (χ1) is 54.2. The van der Waals surface area contributed by atoms with Crippen molar-refractivity contribution in [1.29, 1.82) is 0 Å². The molecule has 7 aliphatic heterocycles. The normalized spacial score (nSPS) is 35.0. The van der Waals surface area contributed by atoms with Gasteiger partial charge in [-0.25, -0.2) is 4.79 Å². The van der Waals surface area contributed by atoms with Crippen molar-refractivity contribution < 1.29 is 170 Å². The number of carbonyl (C=O) groups excluding carboxylic acids is 8. The summed E-state index contributed by atoms with van der Waals surface area (Å²) in [6.07, 6.45) is -31.9. The lowest BCUT2D eigenvalue weighted by Gasteiger charge is -2.51. The van der Waals surface area contributed by atoms with Crippen LogP contribution in [0.15, 0.2) is 0 Å². The quantitative estimate of drug-likeness (QED) is 0.0199. The lowest BCUT2D eigenvalue weighted by molar-refractivity contribution is -0.367. The summed E-state index contributed by atoms with van der Waals surface area (Å²) in [7, 11) is 0. The molecule has 0 aliphatic carbocycles. The number of hydrogen-bond donors (Lipinski definition) is 20. The summed E-state index contributed by atoms with van der Waals surface area (Å²) >= 11 is 1.87. The zero-order valence-corrected chi connectivity index (χ0v) is 64.7. The number of aliphatic hydroxyl groups is 11. The average Bonchev–Trinajstić information content (AvgIpc) is 1.49. The second kappa shape index (κ2) is 49.3. The Balaban J connectivity index is 0.791. The minimum absolute atomic E-state index is 0.00976. The van der Waals surface area contributed by atoms with Crippen LogP contribution < -0.4 is 47.9 Å².